The van der Waals surface area contributed by atoms with E-state index in [4.69, 9.17) is 8.83 Å². The summed E-state index contributed by atoms with van der Waals surface area (Å²) in [6.07, 6.45) is 0. The van der Waals surface area contributed by atoms with Crippen LogP contribution in [0, 0.1) is 0 Å². The Morgan fingerprint density at radius 3 is 1.32 bits per heavy atom. The number of rotatable bonds is 2. The third-order valence-electron chi connectivity index (χ3n) is 4.95. The fraction of sp³-hybridized carbons (Fsp3) is 0. The van der Waals surface area contributed by atoms with E-state index in [1.54, 1.807) is 0 Å². The van der Waals surface area contributed by atoms with Crippen LogP contribution in [0.15, 0.2) is 93.8 Å². The van der Waals surface area contributed by atoms with E-state index in [1.165, 1.54) is 0 Å². The van der Waals surface area contributed by atoms with Gasteiger partial charge in [0.1, 0.15) is 0 Å². The highest BCUT2D eigenvalue weighted by Gasteiger charge is 2.18. The molecule has 0 aliphatic carbocycles. The molecular formula is C24H14N2O2. The van der Waals surface area contributed by atoms with Crippen LogP contribution >= 0.6 is 0 Å². The number of fused-ring (bicyclic) bond motifs is 5. The summed E-state index contributed by atoms with van der Waals surface area (Å²) in [5.74, 6) is 0. The maximum atomic E-state index is 6.07. The summed E-state index contributed by atoms with van der Waals surface area (Å²) in [6.45, 7) is 0. The lowest BCUT2D eigenvalue weighted by molar-refractivity contribution is 0.641. The SMILES string of the molecule is c1ccc(-c2ccc3c(n2)oc2c4ccc(-c5ccccc5)nc4oc32)cc1. The molecule has 4 heteroatoms. The average Bonchev–Trinajstić information content (AvgIpc) is 3.30. The number of aromatic nitrogens is 2. The van der Waals surface area contributed by atoms with Crippen molar-refractivity contribution in [2.75, 3.05) is 0 Å². The first kappa shape index (κ1) is 15.2. The maximum Gasteiger partial charge on any atom is 0.231 e. The molecule has 4 aromatic heterocycles. The summed E-state index contributed by atoms with van der Waals surface area (Å²) in [7, 11) is 0. The first-order chi connectivity index (χ1) is 13.9. The van der Waals surface area contributed by atoms with Gasteiger partial charge in [0.2, 0.25) is 11.4 Å². The molecule has 4 nitrogen and oxygen atoms in total. The number of benzene rings is 2. The van der Waals surface area contributed by atoms with Crippen molar-refractivity contribution in [3.8, 4) is 22.5 Å². The highest BCUT2D eigenvalue weighted by Crippen LogP contribution is 2.37. The van der Waals surface area contributed by atoms with Crippen molar-refractivity contribution in [2.24, 2.45) is 0 Å². The van der Waals surface area contributed by atoms with Crippen LogP contribution in [-0.4, -0.2) is 9.97 Å². The number of furan rings is 2. The smallest absolute Gasteiger partial charge is 0.231 e. The van der Waals surface area contributed by atoms with Gasteiger partial charge in [0.15, 0.2) is 11.2 Å². The van der Waals surface area contributed by atoms with E-state index < -0.39 is 0 Å². The van der Waals surface area contributed by atoms with E-state index in [-0.39, 0.29) is 0 Å². The predicted molar refractivity (Wildman–Crippen MR) is 110 cm³/mol. The Morgan fingerprint density at radius 2 is 0.893 bits per heavy atom. The summed E-state index contributed by atoms with van der Waals surface area (Å²) in [5, 5.41) is 1.71. The molecule has 0 saturated heterocycles. The normalized spacial score (nSPS) is 11.6. The molecule has 0 aliphatic rings. The summed E-state index contributed by atoms with van der Waals surface area (Å²) in [6, 6.07) is 28.1. The molecule has 6 rings (SSSR count). The highest BCUT2D eigenvalue weighted by molar-refractivity contribution is 6.11. The molecule has 2 aromatic carbocycles. The van der Waals surface area contributed by atoms with Crippen molar-refractivity contribution in [3.63, 3.8) is 0 Å². The van der Waals surface area contributed by atoms with E-state index in [0.29, 0.717) is 22.6 Å². The van der Waals surface area contributed by atoms with Crippen molar-refractivity contribution in [1.82, 2.24) is 9.97 Å². The zero-order chi connectivity index (χ0) is 18.5. The standard InChI is InChI=1S/C24H14N2O2/c1-3-7-15(8-4-1)19-13-11-17-21-22(27-23(17)25-19)18-12-14-20(26-24(18)28-21)16-9-5-2-6-10-16/h1-14H. The molecule has 0 fully saturated rings. The lowest BCUT2D eigenvalue weighted by Gasteiger charge is -2.00. The molecule has 0 spiro atoms. The van der Waals surface area contributed by atoms with Gasteiger partial charge < -0.3 is 8.83 Å². The van der Waals surface area contributed by atoms with Gasteiger partial charge in [-0.2, -0.15) is 0 Å². The number of pyridine rings is 2. The second-order valence-corrected chi connectivity index (χ2v) is 6.69. The largest absolute Gasteiger partial charge is 0.433 e. The molecule has 0 atom stereocenters. The summed E-state index contributed by atoms with van der Waals surface area (Å²) in [5.41, 5.74) is 6.38. The number of hydrogen-bond acceptors (Lipinski definition) is 4. The molecule has 0 bridgehead atoms. The third kappa shape index (κ3) is 2.25. The van der Waals surface area contributed by atoms with Gasteiger partial charge in [-0.05, 0) is 24.3 Å². The zero-order valence-electron chi connectivity index (χ0n) is 14.8. The average molecular weight is 362 g/mol. The van der Waals surface area contributed by atoms with Crippen LogP contribution in [-0.2, 0) is 0 Å². The molecule has 0 amide bonds. The van der Waals surface area contributed by atoms with Crippen molar-refractivity contribution in [1.29, 1.82) is 0 Å². The van der Waals surface area contributed by atoms with Crippen LogP contribution in [0.3, 0.4) is 0 Å². The lowest BCUT2D eigenvalue weighted by atomic mass is 10.1. The Morgan fingerprint density at radius 1 is 0.464 bits per heavy atom. The Hall–Kier alpha value is -3.92. The quantitative estimate of drug-likeness (QED) is 0.355. The van der Waals surface area contributed by atoms with Gasteiger partial charge >= 0.3 is 0 Å². The van der Waals surface area contributed by atoms with Gasteiger partial charge in [-0.1, -0.05) is 60.7 Å². The number of nitrogens with zero attached hydrogens (tertiary/aromatic N) is 2. The van der Waals surface area contributed by atoms with Crippen LogP contribution in [0.25, 0.3) is 55.9 Å². The molecule has 0 aliphatic heterocycles. The van der Waals surface area contributed by atoms with Gasteiger partial charge in [0.25, 0.3) is 0 Å². The molecule has 0 radical (unpaired) electrons. The monoisotopic (exact) mass is 362 g/mol. The van der Waals surface area contributed by atoms with E-state index in [2.05, 4.69) is 9.97 Å². The fourth-order valence-electron chi connectivity index (χ4n) is 3.56. The van der Waals surface area contributed by atoms with Crippen molar-refractivity contribution < 1.29 is 8.83 Å². The summed E-state index contributed by atoms with van der Waals surface area (Å²) in [4.78, 5) is 9.36. The fourth-order valence-corrected chi connectivity index (χ4v) is 3.56. The van der Waals surface area contributed by atoms with Crippen LogP contribution < -0.4 is 0 Å². The zero-order valence-corrected chi connectivity index (χ0v) is 14.8. The molecule has 4 heterocycles. The van der Waals surface area contributed by atoms with Crippen LogP contribution in [0.2, 0.25) is 0 Å². The Kier molecular flexibility index (Phi) is 3.14. The lowest BCUT2D eigenvalue weighted by Crippen LogP contribution is -1.83. The second-order valence-electron chi connectivity index (χ2n) is 6.69. The Bertz CT molecular complexity index is 1330. The van der Waals surface area contributed by atoms with Gasteiger partial charge in [-0.3, -0.25) is 0 Å². The van der Waals surface area contributed by atoms with Crippen LogP contribution in [0.5, 0.6) is 0 Å². The van der Waals surface area contributed by atoms with Crippen LogP contribution in [0.4, 0.5) is 0 Å². The van der Waals surface area contributed by atoms with Crippen molar-refractivity contribution in [2.45, 2.75) is 0 Å². The Balaban J connectivity index is 1.53. The minimum Gasteiger partial charge on any atom is -0.433 e. The number of hydrogen-bond donors (Lipinski definition) is 0. The predicted octanol–water partition coefficient (Wildman–Crippen LogP) is 6.46. The molecule has 6 aromatic rings. The molecule has 0 saturated carbocycles. The molecule has 132 valence electrons. The molecule has 28 heavy (non-hydrogen) atoms. The molecule has 0 N–H and O–H groups in total. The topological polar surface area (TPSA) is 52.1 Å². The first-order valence-corrected chi connectivity index (χ1v) is 9.10. The summed E-state index contributed by atoms with van der Waals surface area (Å²) < 4.78 is 12.1. The Labute approximate surface area is 160 Å². The van der Waals surface area contributed by atoms with E-state index in [0.717, 1.165) is 33.3 Å². The highest BCUT2D eigenvalue weighted by atomic mass is 16.4. The van der Waals surface area contributed by atoms with Crippen molar-refractivity contribution in [3.05, 3.63) is 84.9 Å². The van der Waals surface area contributed by atoms with Crippen LogP contribution in [0.1, 0.15) is 0 Å². The minimum absolute atomic E-state index is 0.573. The first-order valence-electron chi connectivity index (χ1n) is 9.10. The van der Waals surface area contributed by atoms with Gasteiger partial charge in [-0.25, -0.2) is 9.97 Å². The maximum absolute atomic E-state index is 6.07. The third-order valence-corrected chi connectivity index (χ3v) is 4.95. The molecule has 0 unspecified atom stereocenters. The van der Waals surface area contributed by atoms with Gasteiger partial charge in [0.05, 0.1) is 22.2 Å². The van der Waals surface area contributed by atoms with E-state index >= 15 is 0 Å². The van der Waals surface area contributed by atoms with E-state index in [1.807, 2.05) is 84.9 Å². The molecular weight excluding hydrogens is 348 g/mol. The second kappa shape index (κ2) is 5.79. The van der Waals surface area contributed by atoms with E-state index in [9.17, 15) is 0 Å². The van der Waals surface area contributed by atoms with Gasteiger partial charge in [-0.15, -0.1) is 0 Å². The minimum atomic E-state index is 0.573. The van der Waals surface area contributed by atoms with Gasteiger partial charge in [0, 0.05) is 11.1 Å². The van der Waals surface area contributed by atoms with Crippen molar-refractivity contribution >= 4 is 33.4 Å². The summed E-state index contributed by atoms with van der Waals surface area (Å²) >= 11 is 0.